The second-order valence-electron chi connectivity index (χ2n) is 4.54. The van der Waals surface area contributed by atoms with Gasteiger partial charge in [0.1, 0.15) is 0 Å². The van der Waals surface area contributed by atoms with E-state index >= 15 is 0 Å². The van der Waals surface area contributed by atoms with Crippen molar-refractivity contribution < 1.29 is 0 Å². The Bertz CT molecular complexity index is 158. The van der Waals surface area contributed by atoms with Crippen LogP contribution in [0, 0.1) is 0 Å². The highest BCUT2D eigenvalue weighted by atomic mass is 15.2. The molecule has 2 heterocycles. The first-order valence-corrected chi connectivity index (χ1v) is 5.38. The van der Waals surface area contributed by atoms with Gasteiger partial charge in [-0.15, -0.1) is 0 Å². The number of rotatable bonds is 2. The van der Waals surface area contributed by atoms with Gasteiger partial charge >= 0.3 is 0 Å². The Balaban J connectivity index is 1.75. The number of hydrogen-bond donors (Lipinski definition) is 1. The molecule has 0 atom stereocenters. The van der Waals surface area contributed by atoms with Crippen LogP contribution >= 0.6 is 0 Å². The summed E-state index contributed by atoms with van der Waals surface area (Å²) in [7, 11) is 4.40. The van der Waals surface area contributed by atoms with Gasteiger partial charge in [0.05, 0.1) is 0 Å². The first-order valence-electron chi connectivity index (χ1n) is 5.38. The zero-order valence-corrected chi connectivity index (χ0v) is 8.79. The summed E-state index contributed by atoms with van der Waals surface area (Å²) in [5.74, 6) is 0. The van der Waals surface area contributed by atoms with Gasteiger partial charge in [-0.2, -0.15) is 0 Å². The lowest BCUT2D eigenvalue weighted by atomic mass is 10.0. The number of nitrogens with one attached hydrogen (secondary N) is 1. The fourth-order valence-corrected chi connectivity index (χ4v) is 2.30. The van der Waals surface area contributed by atoms with Crippen molar-refractivity contribution >= 4 is 0 Å². The summed E-state index contributed by atoms with van der Waals surface area (Å²) in [5, 5.41) is 3.34. The highest BCUT2D eigenvalue weighted by molar-refractivity contribution is 4.88. The zero-order chi connectivity index (χ0) is 9.26. The Morgan fingerprint density at radius 2 is 1.77 bits per heavy atom. The molecule has 2 fully saturated rings. The van der Waals surface area contributed by atoms with Crippen molar-refractivity contribution in [1.82, 2.24) is 15.1 Å². The summed E-state index contributed by atoms with van der Waals surface area (Å²) < 4.78 is 0. The van der Waals surface area contributed by atoms with Crippen molar-refractivity contribution in [2.45, 2.75) is 24.9 Å². The molecule has 2 aliphatic rings. The van der Waals surface area contributed by atoms with E-state index < -0.39 is 0 Å². The lowest BCUT2D eigenvalue weighted by molar-refractivity contribution is 0.0832. The van der Waals surface area contributed by atoms with Crippen LogP contribution in [0.3, 0.4) is 0 Å². The van der Waals surface area contributed by atoms with Crippen LogP contribution in [-0.2, 0) is 0 Å². The summed E-state index contributed by atoms with van der Waals surface area (Å²) in [5.41, 5.74) is 0. The van der Waals surface area contributed by atoms with E-state index in [2.05, 4.69) is 29.2 Å². The van der Waals surface area contributed by atoms with E-state index in [1.54, 1.807) is 0 Å². The van der Waals surface area contributed by atoms with Crippen molar-refractivity contribution in [3.8, 4) is 0 Å². The summed E-state index contributed by atoms with van der Waals surface area (Å²) in [6.07, 6.45) is 2.70. The van der Waals surface area contributed by atoms with Crippen LogP contribution in [0.25, 0.3) is 0 Å². The number of likely N-dealkylation sites (tertiary alicyclic amines) is 1. The average Bonchev–Trinajstić information content (AvgIpc) is 2.02. The van der Waals surface area contributed by atoms with Gasteiger partial charge in [0, 0.05) is 38.3 Å². The second kappa shape index (κ2) is 3.95. The van der Waals surface area contributed by atoms with Gasteiger partial charge in [-0.05, 0) is 26.9 Å². The molecule has 1 N–H and O–H groups in total. The number of nitrogens with zero attached hydrogens (tertiary/aromatic N) is 2. The molecule has 0 aliphatic carbocycles. The van der Waals surface area contributed by atoms with E-state index in [1.807, 2.05) is 0 Å². The summed E-state index contributed by atoms with van der Waals surface area (Å²) >= 11 is 0. The van der Waals surface area contributed by atoms with Crippen LogP contribution in [0.4, 0.5) is 0 Å². The fraction of sp³-hybridized carbons (Fsp3) is 1.00. The van der Waals surface area contributed by atoms with Crippen LogP contribution in [0.5, 0.6) is 0 Å². The van der Waals surface area contributed by atoms with E-state index in [4.69, 9.17) is 0 Å². The third-order valence-corrected chi connectivity index (χ3v) is 3.51. The molecule has 0 radical (unpaired) electrons. The van der Waals surface area contributed by atoms with E-state index in [0.29, 0.717) is 0 Å². The Labute approximate surface area is 81.1 Å². The van der Waals surface area contributed by atoms with Crippen molar-refractivity contribution in [2.24, 2.45) is 0 Å². The molecule has 3 heteroatoms. The van der Waals surface area contributed by atoms with E-state index in [0.717, 1.165) is 12.1 Å². The van der Waals surface area contributed by atoms with Gasteiger partial charge in [0.25, 0.3) is 0 Å². The van der Waals surface area contributed by atoms with Crippen molar-refractivity contribution in [1.29, 1.82) is 0 Å². The van der Waals surface area contributed by atoms with Crippen LogP contribution in [0.1, 0.15) is 12.8 Å². The Hall–Kier alpha value is -0.120. The topological polar surface area (TPSA) is 18.5 Å². The van der Waals surface area contributed by atoms with E-state index in [9.17, 15) is 0 Å². The molecular weight excluding hydrogens is 162 g/mol. The molecule has 0 unspecified atom stereocenters. The van der Waals surface area contributed by atoms with Crippen LogP contribution < -0.4 is 5.32 Å². The van der Waals surface area contributed by atoms with Crippen LogP contribution in [0.15, 0.2) is 0 Å². The minimum atomic E-state index is 0.823. The van der Waals surface area contributed by atoms with E-state index in [1.165, 1.54) is 39.0 Å². The Morgan fingerprint density at radius 3 is 2.15 bits per heavy atom. The maximum absolute atomic E-state index is 3.34. The monoisotopic (exact) mass is 183 g/mol. The van der Waals surface area contributed by atoms with Crippen LogP contribution in [0.2, 0.25) is 0 Å². The zero-order valence-electron chi connectivity index (χ0n) is 8.79. The second-order valence-corrected chi connectivity index (χ2v) is 4.54. The minimum absolute atomic E-state index is 0.823. The molecule has 0 aromatic heterocycles. The number of hydrogen-bond acceptors (Lipinski definition) is 3. The lowest BCUT2D eigenvalue weighted by Crippen LogP contribution is -2.59. The quantitative estimate of drug-likeness (QED) is 0.649. The molecule has 13 heavy (non-hydrogen) atoms. The maximum Gasteiger partial charge on any atom is 0.0345 e. The molecule has 2 saturated heterocycles. The molecule has 2 rings (SSSR count). The molecule has 3 nitrogen and oxygen atoms in total. The molecule has 0 bridgehead atoms. The summed E-state index contributed by atoms with van der Waals surface area (Å²) in [6.45, 7) is 5.03. The largest absolute Gasteiger partial charge is 0.314 e. The molecule has 0 saturated carbocycles. The first kappa shape index (κ1) is 9.44. The van der Waals surface area contributed by atoms with Crippen molar-refractivity contribution in [3.63, 3.8) is 0 Å². The Morgan fingerprint density at radius 1 is 1.15 bits per heavy atom. The van der Waals surface area contributed by atoms with Crippen LogP contribution in [-0.4, -0.2) is 62.2 Å². The fourth-order valence-electron chi connectivity index (χ4n) is 2.30. The minimum Gasteiger partial charge on any atom is -0.314 e. The third kappa shape index (κ3) is 2.03. The summed E-state index contributed by atoms with van der Waals surface area (Å²) in [4.78, 5) is 5.02. The predicted molar refractivity (Wildman–Crippen MR) is 54.9 cm³/mol. The molecular formula is C10H21N3. The highest BCUT2D eigenvalue weighted by Gasteiger charge is 2.28. The van der Waals surface area contributed by atoms with Crippen molar-refractivity contribution in [2.75, 3.05) is 40.3 Å². The molecule has 2 aliphatic heterocycles. The first-order chi connectivity index (χ1) is 6.27. The Kier molecular flexibility index (Phi) is 2.86. The highest BCUT2D eigenvalue weighted by Crippen LogP contribution is 2.17. The molecule has 76 valence electrons. The molecule has 0 aromatic rings. The SMILES string of the molecule is CN(C)C1CCN(C2CNC2)CC1. The average molecular weight is 183 g/mol. The van der Waals surface area contributed by atoms with Gasteiger partial charge < -0.3 is 10.2 Å². The lowest BCUT2D eigenvalue weighted by Gasteiger charge is -2.43. The van der Waals surface area contributed by atoms with Gasteiger partial charge in [-0.1, -0.05) is 0 Å². The standard InChI is InChI=1S/C10H21N3/c1-12(2)9-3-5-13(6-4-9)10-7-11-8-10/h9-11H,3-8H2,1-2H3. The summed E-state index contributed by atoms with van der Waals surface area (Å²) in [6, 6.07) is 1.67. The van der Waals surface area contributed by atoms with Gasteiger partial charge in [0.15, 0.2) is 0 Å². The van der Waals surface area contributed by atoms with Gasteiger partial charge in [-0.25, -0.2) is 0 Å². The molecule has 0 spiro atoms. The molecule has 0 amide bonds. The maximum atomic E-state index is 3.34. The molecule has 0 aromatic carbocycles. The van der Waals surface area contributed by atoms with Crippen molar-refractivity contribution in [3.05, 3.63) is 0 Å². The van der Waals surface area contributed by atoms with Gasteiger partial charge in [0.2, 0.25) is 0 Å². The predicted octanol–water partition coefficient (Wildman–Crippen LogP) is -0.0158. The third-order valence-electron chi connectivity index (χ3n) is 3.51. The van der Waals surface area contributed by atoms with Gasteiger partial charge in [-0.3, -0.25) is 4.90 Å². The van der Waals surface area contributed by atoms with E-state index in [-0.39, 0.29) is 0 Å². The smallest absolute Gasteiger partial charge is 0.0345 e. The number of piperidine rings is 1. The normalized spacial score (nSPS) is 27.9.